The number of amides is 1. The van der Waals surface area contributed by atoms with E-state index in [1.54, 1.807) is 24.3 Å². The summed E-state index contributed by atoms with van der Waals surface area (Å²) < 4.78 is 9.72. The Labute approximate surface area is 125 Å². The second kappa shape index (κ2) is 5.22. The van der Waals surface area contributed by atoms with Crippen molar-refractivity contribution >= 4 is 29.2 Å². The molecule has 0 saturated heterocycles. The van der Waals surface area contributed by atoms with E-state index in [1.165, 1.54) is 19.4 Å². The summed E-state index contributed by atoms with van der Waals surface area (Å²) >= 11 is 0. The number of carbonyl (C=O) groups is 2. The van der Waals surface area contributed by atoms with Crippen LogP contribution in [0.2, 0.25) is 0 Å². The topological polar surface area (TPSA) is 92.3 Å². The first-order valence-electron chi connectivity index (χ1n) is 6.37. The van der Waals surface area contributed by atoms with Crippen LogP contribution in [0.25, 0.3) is 11.6 Å². The second-order valence-corrected chi connectivity index (χ2v) is 4.58. The quantitative estimate of drug-likeness (QED) is 0.678. The third-order valence-electron chi connectivity index (χ3n) is 3.30. The number of carbonyl (C=O) groups excluding carboxylic acids is 2. The number of nitriles is 1. The van der Waals surface area contributed by atoms with Crippen molar-refractivity contribution in [3.63, 3.8) is 0 Å². The van der Waals surface area contributed by atoms with Gasteiger partial charge in [-0.1, -0.05) is 0 Å². The molecule has 1 aliphatic rings. The zero-order valence-corrected chi connectivity index (χ0v) is 11.5. The Morgan fingerprint density at radius 2 is 2.23 bits per heavy atom. The standard InChI is InChI=1S/C16H10N2O4/c1-21-16(20)14-10(4-5-22-14)7-12-11-6-9(8-17)2-3-13(11)18-15(12)19/h2-7H,1H3,(H,18,19). The normalized spacial score (nSPS) is 14.4. The fraction of sp³-hybridized carbons (Fsp3) is 0.0625. The molecule has 0 fully saturated rings. The highest BCUT2D eigenvalue weighted by molar-refractivity contribution is 6.35. The van der Waals surface area contributed by atoms with Gasteiger partial charge in [-0.15, -0.1) is 0 Å². The van der Waals surface area contributed by atoms with E-state index in [1.807, 2.05) is 6.07 Å². The Morgan fingerprint density at radius 3 is 2.95 bits per heavy atom. The number of nitrogens with one attached hydrogen (secondary N) is 1. The molecule has 0 radical (unpaired) electrons. The van der Waals surface area contributed by atoms with E-state index in [-0.39, 0.29) is 11.7 Å². The highest BCUT2D eigenvalue weighted by Gasteiger charge is 2.25. The molecular weight excluding hydrogens is 284 g/mol. The Balaban J connectivity index is 2.11. The number of esters is 1. The minimum atomic E-state index is -0.624. The monoisotopic (exact) mass is 294 g/mol. The van der Waals surface area contributed by atoms with E-state index < -0.39 is 5.97 Å². The number of hydrogen-bond acceptors (Lipinski definition) is 5. The Kier molecular flexibility index (Phi) is 3.24. The second-order valence-electron chi connectivity index (χ2n) is 4.58. The van der Waals surface area contributed by atoms with Crippen LogP contribution >= 0.6 is 0 Å². The number of fused-ring (bicyclic) bond motifs is 1. The van der Waals surface area contributed by atoms with Crippen molar-refractivity contribution in [1.82, 2.24) is 0 Å². The summed E-state index contributed by atoms with van der Waals surface area (Å²) in [6, 6.07) is 8.52. The molecule has 6 heteroatoms. The van der Waals surface area contributed by atoms with Crippen LogP contribution in [0.1, 0.15) is 27.2 Å². The van der Waals surface area contributed by atoms with Gasteiger partial charge in [0.1, 0.15) is 0 Å². The third kappa shape index (κ3) is 2.15. The van der Waals surface area contributed by atoms with Crippen LogP contribution in [-0.2, 0) is 9.53 Å². The van der Waals surface area contributed by atoms with E-state index in [0.717, 1.165) is 0 Å². The average molecular weight is 294 g/mol. The van der Waals surface area contributed by atoms with Crippen LogP contribution < -0.4 is 5.32 Å². The number of nitrogens with zero attached hydrogens (tertiary/aromatic N) is 1. The first-order chi connectivity index (χ1) is 10.6. The molecule has 1 amide bonds. The van der Waals surface area contributed by atoms with Gasteiger partial charge in [0.2, 0.25) is 5.76 Å². The first-order valence-corrected chi connectivity index (χ1v) is 6.37. The van der Waals surface area contributed by atoms with E-state index in [4.69, 9.17) is 9.68 Å². The van der Waals surface area contributed by atoms with Gasteiger partial charge in [-0.25, -0.2) is 4.79 Å². The Bertz CT molecular complexity index is 855. The van der Waals surface area contributed by atoms with Gasteiger partial charge in [0.05, 0.1) is 25.0 Å². The summed E-state index contributed by atoms with van der Waals surface area (Å²) in [5.74, 6) is -0.906. The number of hydrogen-bond donors (Lipinski definition) is 1. The van der Waals surface area contributed by atoms with E-state index in [0.29, 0.717) is 28.0 Å². The number of furan rings is 1. The molecule has 1 aromatic heterocycles. The minimum absolute atomic E-state index is 0.0210. The van der Waals surface area contributed by atoms with Crippen LogP contribution in [0.5, 0.6) is 0 Å². The third-order valence-corrected chi connectivity index (χ3v) is 3.30. The number of rotatable bonds is 2. The SMILES string of the molecule is COC(=O)c1occc1C=C1C(=O)Nc2ccc(C#N)cc21. The van der Waals surface area contributed by atoms with Gasteiger partial charge >= 0.3 is 5.97 Å². The summed E-state index contributed by atoms with van der Waals surface area (Å²) in [6.45, 7) is 0. The summed E-state index contributed by atoms with van der Waals surface area (Å²) in [6.07, 6.45) is 2.89. The maximum Gasteiger partial charge on any atom is 0.374 e. The number of ether oxygens (including phenoxy) is 1. The van der Waals surface area contributed by atoms with Gasteiger partial charge in [0.25, 0.3) is 5.91 Å². The lowest BCUT2D eigenvalue weighted by atomic mass is 10.0. The van der Waals surface area contributed by atoms with E-state index in [9.17, 15) is 9.59 Å². The van der Waals surface area contributed by atoms with Gasteiger partial charge in [0.15, 0.2) is 0 Å². The van der Waals surface area contributed by atoms with Crippen LogP contribution in [0.3, 0.4) is 0 Å². The molecule has 0 atom stereocenters. The first kappa shape index (κ1) is 13.6. The molecule has 108 valence electrons. The molecule has 1 aromatic carbocycles. The summed E-state index contributed by atoms with van der Waals surface area (Å²) in [5.41, 5.74) is 2.48. The van der Waals surface area contributed by atoms with Crippen molar-refractivity contribution in [1.29, 1.82) is 5.26 Å². The predicted octanol–water partition coefficient (Wildman–Crippen LogP) is 2.43. The zero-order chi connectivity index (χ0) is 15.7. The highest BCUT2D eigenvalue weighted by atomic mass is 16.5. The van der Waals surface area contributed by atoms with Gasteiger partial charge in [-0.05, 0) is 30.3 Å². The van der Waals surface area contributed by atoms with Crippen LogP contribution in [0.15, 0.2) is 34.9 Å². The Morgan fingerprint density at radius 1 is 1.41 bits per heavy atom. The van der Waals surface area contributed by atoms with E-state index in [2.05, 4.69) is 10.1 Å². The lowest BCUT2D eigenvalue weighted by Gasteiger charge is -2.00. The highest BCUT2D eigenvalue weighted by Crippen LogP contribution is 2.34. The largest absolute Gasteiger partial charge is 0.463 e. The number of benzene rings is 1. The van der Waals surface area contributed by atoms with Crippen LogP contribution in [0, 0.1) is 11.3 Å². The molecule has 1 aliphatic heterocycles. The fourth-order valence-electron chi connectivity index (χ4n) is 2.25. The van der Waals surface area contributed by atoms with E-state index >= 15 is 0 Å². The van der Waals surface area contributed by atoms with Crippen LogP contribution in [0.4, 0.5) is 5.69 Å². The Hall–Kier alpha value is -3.33. The summed E-state index contributed by atoms with van der Waals surface area (Å²) in [5, 5.41) is 11.7. The molecule has 0 bridgehead atoms. The smallest absolute Gasteiger partial charge is 0.374 e. The molecule has 1 N–H and O–H groups in total. The molecule has 3 rings (SSSR count). The zero-order valence-electron chi connectivity index (χ0n) is 11.5. The van der Waals surface area contributed by atoms with Crippen molar-refractivity contribution < 1.29 is 18.7 Å². The molecule has 2 heterocycles. The lowest BCUT2D eigenvalue weighted by molar-refractivity contribution is -0.110. The van der Waals surface area contributed by atoms with Gasteiger partial charge in [-0.3, -0.25) is 4.79 Å². The van der Waals surface area contributed by atoms with Crippen molar-refractivity contribution in [3.8, 4) is 6.07 Å². The molecule has 0 unspecified atom stereocenters. The molecule has 2 aromatic rings. The molecule has 0 aliphatic carbocycles. The minimum Gasteiger partial charge on any atom is -0.463 e. The van der Waals surface area contributed by atoms with Crippen molar-refractivity contribution in [2.75, 3.05) is 12.4 Å². The average Bonchev–Trinajstić information content (AvgIpc) is 3.11. The molecule has 22 heavy (non-hydrogen) atoms. The molecule has 6 nitrogen and oxygen atoms in total. The lowest BCUT2D eigenvalue weighted by Crippen LogP contribution is -2.04. The van der Waals surface area contributed by atoms with Gasteiger partial charge in [0, 0.05) is 22.4 Å². The van der Waals surface area contributed by atoms with Crippen LogP contribution in [-0.4, -0.2) is 19.0 Å². The maximum atomic E-state index is 12.1. The predicted molar refractivity (Wildman–Crippen MR) is 77.7 cm³/mol. The van der Waals surface area contributed by atoms with Gasteiger partial charge < -0.3 is 14.5 Å². The van der Waals surface area contributed by atoms with Crippen molar-refractivity contribution in [2.24, 2.45) is 0 Å². The van der Waals surface area contributed by atoms with Gasteiger partial charge in [-0.2, -0.15) is 5.26 Å². The summed E-state index contributed by atoms with van der Waals surface area (Å²) in [4.78, 5) is 23.7. The summed E-state index contributed by atoms with van der Waals surface area (Å²) in [7, 11) is 1.25. The molecule has 0 spiro atoms. The van der Waals surface area contributed by atoms with Crippen molar-refractivity contribution in [2.45, 2.75) is 0 Å². The fourth-order valence-corrected chi connectivity index (χ4v) is 2.25. The molecular formula is C16H10N2O4. The molecule has 0 saturated carbocycles. The number of anilines is 1. The van der Waals surface area contributed by atoms with Crippen molar-refractivity contribution in [3.05, 3.63) is 53.0 Å². The number of methoxy groups -OCH3 is 1. The maximum absolute atomic E-state index is 12.1.